The molecule has 21 heavy (non-hydrogen) atoms. The van der Waals surface area contributed by atoms with E-state index in [-0.39, 0.29) is 11.3 Å². The summed E-state index contributed by atoms with van der Waals surface area (Å²) in [5.41, 5.74) is 0.695. The van der Waals surface area contributed by atoms with Crippen LogP contribution >= 0.6 is 0 Å². The maximum Gasteiger partial charge on any atom is 0.387 e. The maximum atomic E-state index is 12.4. The molecule has 0 fully saturated rings. The van der Waals surface area contributed by atoms with Gasteiger partial charge in [0.1, 0.15) is 5.52 Å². The van der Waals surface area contributed by atoms with E-state index in [4.69, 9.17) is 0 Å². The Labute approximate surface area is 119 Å². The molecule has 110 valence electrons. The molecule has 1 aromatic heterocycles. The van der Waals surface area contributed by atoms with Gasteiger partial charge in [-0.25, -0.2) is 4.79 Å². The number of halogens is 2. The third-order valence-electron chi connectivity index (χ3n) is 2.60. The van der Waals surface area contributed by atoms with Crippen molar-refractivity contribution in [1.29, 1.82) is 0 Å². The summed E-state index contributed by atoms with van der Waals surface area (Å²) < 4.78 is 29.1. The van der Waals surface area contributed by atoms with Crippen molar-refractivity contribution in [2.24, 2.45) is 0 Å². The van der Waals surface area contributed by atoms with Crippen molar-refractivity contribution in [3.63, 3.8) is 0 Å². The minimum Gasteiger partial charge on any atom is -0.432 e. The number of alkyl halides is 2. The lowest BCUT2D eigenvalue weighted by Crippen LogP contribution is -2.28. The van der Waals surface area contributed by atoms with Gasteiger partial charge >= 0.3 is 12.6 Å². The molecule has 0 aliphatic heterocycles. The van der Waals surface area contributed by atoms with Gasteiger partial charge in [-0.15, -0.1) is 6.58 Å². The zero-order chi connectivity index (χ0) is 15.2. The number of carbonyl (C=O) groups excluding carboxylic acids is 1. The van der Waals surface area contributed by atoms with E-state index in [2.05, 4.69) is 26.9 Å². The van der Waals surface area contributed by atoms with Crippen molar-refractivity contribution in [2.75, 3.05) is 11.9 Å². The normalized spacial score (nSPS) is 10.4. The third kappa shape index (κ3) is 3.65. The molecule has 0 radical (unpaired) electrons. The van der Waals surface area contributed by atoms with E-state index in [9.17, 15) is 13.6 Å². The number of rotatable bonds is 5. The summed E-state index contributed by atoms with van der Waals surface area (Å²) in [6, 6.07) is 5.69. The monoisotopic (exact) mass is 293 g/mol. The van der Waals surface area contributed by atoms with E-state index in [0.717, 1.165) is 0 Å². The number of hydrogen-bond donors (Lipinski definition) is 2. The lowest BCUT2D eigenvalue weighted by atomic mass is 10.1. The molecule has 2 aromatic rings. The lowest BCUT2D eigenvalue weighted by molar-refractivity contribution is -0.0489. The molecule has 2 N–H and O–H groups in total. The second-order valence-electron chi connectivity index (χ2n) is 4.01. The molecule has 5 nitrogen and oxygen atoms in total. The number of fused-ring (bicyclic) bond motifs is 1. The Morgan fingerprint density at radius 2 is 2.24 bits per heavy atom. The molecule has 0 unspecified atom stereocenters. The van der Waals surface area contributed by atoms with Gasteiger partial charge in [-0.2, -0.15) is 8.78 Å². The van der Waals surface area contributed by atoms with Crippen LogP contribution in [0.15, 0.2) is 43.1 Å². The van der Waals surface area contributed by atoms with E-state index in [1.807, 2.05) is 0 Å². The van der Waals surface area contributed by atoms with Crippen molar-refractivity contribution in [2.45, 2.75) is 6.61 Å². The number of benzene rings is 1. The summed E-state index contributed by atoms with van der Waals surface area (Å²) >= 11 is 0. The molecular weight excluding hydrogens is 280 g/mol. The van der Waals surface area contributed by atoms with Crippen molar-refractivity contribution in [1.82, 2.24) is 10.3 Å². The number of amides is 2. The summed E-state index contributed by atoms with van der Waals surface area (Å²) in [5.74, 6) is -0.0438. The molecular formula is C14H13F2N3O2. The van der Waals surface area contributed by atoms with Crippen molar-refractivity contribution >= 4 is 22.6 Å². The van der Waals surface area contributed by atoms with Crippen LogP contribution in [0.3, 0.4) is 0 Å². The number of hydrogen-bond acceptors (Lipinski definition) is 3. The first-order chi connectivity index (χ1) is 10.1. The first-order valence-corrected chi connectivity index (χ1v) is 6.10. The second-order valence-corrected chi connectivity index (χ2v) is 4.01. The van der Waals surface area contributed by atoms with Crippen LogP contribution in [0.2, 0.25) is 0 Å². The molecule has 2 rings (SSSR count). The minimum atomic E-state index is -2.94. The third-order valence-corrected chi connectivity index (χ3v) is 2.60. The van der Waals surface area contributed by atoms with Gasteiger partial charge < -0.3 is 15.4 Å². The zero-order valence-electron chi connectivity index (χ0n) is 11.0. The molecule has 2 amide bonds. The SMILES string of the molecule is C=CCNC(=O)Nc1ccc(OC(F)F)c2ncccc12. The number of ether oxygens (including phenoxy) is 1. The first kappa shape index (κ1) is 14.7. The molecule has 0 spiro atoms. The highest BCUT2D eigenvalue weighted by Crippen LogP contribution is 2.30. The largest absolute Gasteiger partial charge is 0.432 e. The van der Waals surface area contributed by atoms with Crippen LogP contribution in [0.5, 0.6) is 5.75 Å². The Hall–Kier alpha value is -2.70. The minimum absolute atomic E-state index is 0.0438. The van der Waals surface area contributed by atoms with Crippen LogP contribution in [0.25, 0.3) is 10.9 Å². The molecule has 7 heteroatoms. The van der Waals surface area contributed by atoms with E-state index in [1.165, 1.54) is 18.3 Å². The van der Waals surface area contributed by atoms with Gasteiger partial charge in [0.2, 0.25) is 0 Å². The van der Waals surface area contributed by atoms with Crippen LogP contribution < -0.4 is 15.4 Å². The lowest BCUT2D eigenvalue weighted by Gasteiger charge is -2.12. The van der Waals surface area contributed by atoms with Gasteiger partial charge in [-0.3, -0.25) is 4.98 Å². The highest BCUT2D eigenvalue weighted by atomic mass is 19.3. The Bertz CT molecular complexity index is 662. The van der Waals surface area contributed by atoms with Gasteiger partial charge in [0.25, 0.3) is 0 Å². The van der Waals surface area contributed by atoms with E-state index >= 15 is 0 Å². The molecule has 0 aliphatic carbocycles. The summed E-state index contributed by atoms with van der Waals surface area (Å²) in [6.45, 7) is 0.863. The fourth-order valence-corrected chi connectivity index (χ4v) is 1.78. The predicted molar refractivity (Wildman–Crippen MR) is 75.6 cm³/mol. The van der Waals surface area contributed by atoms with Crippen LogP contribution in [-0.4, -0.2) is 24.2 Å². The van der Waals surface area contributed by atoms with Crippen LogP contribution in [0.4, 0.5) is 19.3 Å². The standard InChI is InChI=1S/C14H13F2N3O2/c1-2-7-18-14(20)19-10-5-6-11(21-13(15)16)12-9(10)4-3-8-17-12/h2-6,8,13H,1,7H2,(H2,18,19,20). The van der Waals surface area contributed by atoms with Crippen LogP contribution in [0, 0.1) is 0 Å². The Morgan fingerprint density at radius 3 is 2.95 bits per heavy atom. The van der Waals surface area contributed by atoms with E-state index in [0.29, 0.717) is 17.6 Å². The zero-order valence-corrected chi connectivity index (χ0v) is 11.0. The summed E-state index contributed by atoms with van der Waals surface area (Å²) in [5, 5.41) is 5.68. The smallest absolute Gasteiger partial charge is 0.387 e. The fourth-order valence-electron chi connectivity index (χ4n) is 1.78. The maximum absolute atomic E-state index is 12.4. The average Bonchev–Trinajstić information content (AvgIpc) is 2.47. The van der Waals surface area contributed by atoms with Gasteiger partial charge in [0, 0.05) is 18.1 Å². The molecule has 0 aliphatic rings. The molecule has 0 saturated heterocycles. The molecule has 0 saturated carbocycles. The number of pyridine rings is 1. The van der Waals surface area contributed by atoms with Gasteiger partial charge in [-0.05, 0) is 24.3 Å². The van der Waals surface area contributed by atoms with E-state index < -0.39 is 12.6 Å². The second kappa shape index (κ2) is 6.65. The number of nitrogens with one attached hydrogen (secondary N) is 2. The number of aromatic nitrogens is 1. The van der Waals surface area contributed by atoms with Crippen LogP contribution in [0.1, 0.15) is 0 Å². The molecule has 0 bridgehead atoms. The van der Waals surface area contributed by atoms with Crippen molar-refractivity contribution < 1.29 is 18.3 Å². The molecule has 1 heterocycles. The average molecular weight is 293 g/mol. The quantitative estimate of drug-likeness (QED) is 0.832. The summed E-state index contributed by atoms with van der Waals surface area (Å²) in [4.78, 5) is 15.7. The first-order valence-electron chi connectivity index (χ1n) is 6.10. The number of carbonyl (C=O) groups is 1. The number of anilines is 1. The van der Waals surface area contributed by atoms with Gasteiger partial charge in [-0.1, -0.05) is 6.08 Å². The van der Waals surface area contributed by atoms with Crippen molar-refractivity contribution in [3.8, 4) is 5.75 Å². The highest BCUT2D eigenvalue weighted by Gasteiger charge is 2.13. The summed E-state index contributed by atoms with van der Waals surface area (Å²) in [7, 11) is 0. The van der Waals surface area contributed by atoms with E-state index in [1.54, 1.807) is 18.2 Å². The van der Waals surface area contributed by atoms with Crippen LogP contribution in [-0.2, 0) is 0 Å². The fraction of sp³-hybridized carbons (Fsp3) is 0.143. The summed E-state index contributed by atoms with van der Waals surface area (Å²) in [6.07, 6.45) is 3.00. The Balaban J connectivity index is 2.33. The molecule has 1 aromatic carbocycles. The highest BCUT2D eigenvalue weighted by molar-refractivity contribution is 6.02. The molecule has 0 atom stereocenters. The van der Waals surface area contributed by atoms with Gasteiger partial charge in [0.15, 0.2) is 5.75 Å². The number of nitrogens with zero attached hydrogens (tertiary/aromatic N) is 1. The Kier molecular flexibility index (Phi) is 4.65. The predicted octanol–water partition coefficient (Wildman–Crippen LogP) is 3.14. The number of urea groups is 1. The Morgan fingerprint density at radius 1 is 1.43 bits per heavy atom. The topological polar surface area (TPSA) is 63.2 Å². The van der Waals surface area contributed by atoms with Gasteiger partial charge in [0.05, 0.1) is 5.69 Å². The van der Waals surface area contributed by atoms with Crippen molar-refractivity contribution in [3.05, 3.63) is 43.1 Å².